The van der Waals surface area contributed by atoms with Crippen molar-refractivity contribution in [3.05, 3.63) is 17.1 Å². The van der Waals surface area contributed by atoms with Crippen LogP contribution in [0, 0.1) is 10.8 Å². The van der Waals surface area contributed by atoms with Gasteiger partial charge in [0.15, 0.2) is 0 Å². The summed E-state index contributed by atoms with van der Waals surface area (Å²) in [5.74, 6) is 0.303. The van der Waals surface area contributed by atoms with Crippen LogP contribution in [0.3, 0.4) is 0 Å². The summed E-state index contributed by atoms with van der Waals surface area (Å²) in [5.41, 5.74) is 0. The molecule has 0 aliphatic carbocycles. The van der Waals surface area contributed by atoms with Crippen molar-refractivity contribution in [1.82, 2.24) is 0 Å². The Morgan fingerprint density at radius 2 is 2.38 bits per heavy atom. The van der Waals surface area contributed by atoms with Gasteiger partial charge >= 0.3 is 0 Å². The Morgan fingerprint density at radius 1 is 1.75 bits per heavy atom. The van der Waals surface area contributed by atoms with E-state index in [1.54, 1.807) is 0 Å². The molecular weight excluding hydrogens is 102 g/mol. The van der Waals surface area contributed by atoms with Crippen LogP contribution in [0.25, 0.3) is 0 Å². The minimum atomic E-state index is 0.303. The second-order valence-electron chi connectivity index (χ2n) is 1.81. The Balaban J connectivity index is 3.31. The molecule has 0 N–H and O–H groups in total. The van der Waals surface area contributed by atoms with Crippen LogP contribution in [-0.2, 0) is 0 Å². The molecule has 0 amide bonds. The van der Waals surface area contributed by atoms with E-state index < -0.39 is 0 Å². The summed E-state index contributed by atoms with van der Waals surface area (Å²) in [6, 6.07) is 0. The maximum Gasteiger partial charge on any atom is 0.0871 e. The molecule has 0 saturated carbocycles. The monoisotopic (exact) mass is 113 g/mol. The van der Waals surface area contributed by atoms with Crippen LogP contribution in [0.1, 0.15) is 13.8 Å². The molecule has 46 valence electrons. The zero-order chi connectivity index (χ0) is 6.41. The van der Waals surface area contributed by atoms with Crippen LogP contribution in [0.4, 0.5) is 0 Å². The van der Waals surface area contributed by atoms with Gasteiger partial charge in [-0.25, -0.2) is 0 Å². The Kier molecular flexibility index (Phi) is 4.13. The highest BCUT2D eigenvalue weighted by atomic mass is 16.3. The predicted molar refractivity (Wildman–Crippen MR) is 34.6 cm³/mol. The lowest BCUT2D eigenvalue weighted by Gasteiger charge is -1.93. The van der Waals surface area contributed by atoms with Gasteiger partial charge in [-0.3, -0.25) is 0 Å². The first-order chi connectivity index (χ1) is 3.81. The van der Waals surface area contributed by atoms with Gasteiger partial charge in [0.2, 0.25) is 0 Å². The fourth-order valence-electron chi connectivity index (χ4n) is 0.507. The highest BCUT2D eigenvalue weighted by Gasteiger charge is 1.91. The molecule has 8 heavy (non-hydrogen) atoms. The summed E-state index contributed by atoms with van der Waals surface area (Å²) in [6.07, 6.45) is 3.89. The van der Waals surface area contributed by atoms with E-state index in [4.69, 9.17) is 0 Å². The quantitative estimate of drug-likeness (QED) is 0.406. The van der Waals surface area contributed by atoms with E-state index in [0.717, 1.165) is 0 Å². The highest BCUT2D eigenvalue weighted by Crippen LogP contribution is 1.95. The summed E-state index contributed by atoms with van der Waals surface area (Å²) in [5, 5.41) is 2.75. The SMILES string of the molecule is C/C=C\C(C)CN=O. The molecule has 0 spiro atoms. The minimum Gasteiger partial charge on any atom is -0.151 e. The molecule has 1 unspecified atom stereocenters. The molecule has 2 heteroatoms. The summed E-state index contributed by atoms with van der Waals surface area (Å²) in [6.45, 7) is 4.28. The van der Waals surface area contributed by atoms with Crippen LogP contribution in [0.2, 0.25) is 0 Å². The summed E-state index contributed by atoms with van der Waals surface area (Å²) >= 11 is 0. The molecule has 0 aliphatic heterocycles. The molecule has 0 fully saturated rings. The zero-order valence-corrected chi connectivity index (χ0v) is 5.29. The lowest BCUT2D eigenvalue weighted by molar-refractivity contribution is 0.736. The maximum absolute atomic E-state index is 9.61. The van der Waals surface area contributed by atoms with Crippen molar-refractivity contribution >= 4 is 0 Å². The lowest BCUT2D eigenvalue weighted by atomic mass is 10.2. The minimum absolute atomic E-state index is 0.303. The number of nitroso groups, excluding NO2 is 1. The van der Waals surface area contributed by atoms with E-state index in [2.05, 4.69) is 5.18 Å². The van der Waals surface area contributed by atoms with E-state index in [0.29, 0.717) is 12.5 Å². The summed E-state index contributed by atoms with van der Waals surface area (Å²) < 4.78 is 0. The normalized spacial score (nSPS) is 14.2. The summed E-state index contributed by atoms with van der Waals surface area (Å²) in [7, 11) is 0. The van der Waals surface area contributed by atoms with Crippen molar-refractivity contribution in [1.29, 1.82) is 0 Å². The van der Waals surface area contributed by atoms with Crippen LogP contribution in [-0.4, -0.2) is 6.54 Å². The van der Waals surface area contributed by atoms with Crippen molar-refractivity contribution in [2.24, 2.45) is 11.1 Å². The van der Waals surface area contributed by atoms with Gasteiger partial charge in [0.1, 0.15) is 0 Å². The van der Waals surface area contributed by atoms with Gasteiger partial charge in [0.25, 0.3) is 0 Å². The topological polar surface area (TPSA) is 29.4 Å². The number of hydrogen-bond acceptors (Lipinski definition) is 2. The van der Waals surface area contributed by atoms with Crippen molar-refractivity contribution in [3.8, 4) is 0 Å². The van der Waals surface area contributed by atoms with E-state index in [1.165, 1.54) is 0 Å². The third kappa shape index (κ3) is 3.53. The molecular formula is C6H11NO. The van der Waals surface area contributed by atoms with Gasteiger partial charge in [-0.1, -0.05) is 24.3 Å². The molecule has 2 nitrogen and oxygen atoms in total. The lowest BCUT2D eigenvalue weighted by Crippen LogP contribution is -1.91. The van der Waals surface area contributed by atoms with Crippen LogP contribution in [0.5, 0.6) is 0 Å². The van der Waals surface area contributed by atoms with Crippen LogP contribution in [0.15, 0.2) is 17.3 Å². The van der Waals surface area contributed by atoms with Crippen LogP contribution < -0.4 is 0 Å². The Hall–Kier alpha value is -0.660. The van der Waals surface area contributed by atoms with Crippen LogP contribution >= 0.6 is 0 Å². The average Bonchev–Trinajstić information content (AvgIpc) is 1.68. The van der Waals surface area contributed by atoms with Gasteiger partial charge in [-0.05, 0) is 12.8 Å². The fourth-order valence-corrected chi connectivity index (χ4v) is 0.507. The number of rotatable bonds is 3. The molecule has 0 aromatic carbocycles. The maximum atomic E-state index is 9.61. The van der Waals surface area contributed by atoms with E-state index in [9.17, 15) is 4.91 Å². The van der Waals surface area contributed by atoms with Gasteiger partial charge in [0, 0.05) is 0 Å². The first-order valence-electron chi connectivity index (χ1n) is 2.73. The fraction of sp³-hybridized carbons (Fsp3) is 0.667. The van der Waals surface area contributed by atoms with E-state index >= 15 is 0 Å². The third-order valence-electron chi connectivity index (χ3n) is 0.884. The van der Waals surface area contributed by atoms with Crippen molar-refractivity contribution in [2.75, 3.05) is 6.54 Å². The first kappa shape index (κ1) is 7.34. The van der Waals surface area contributed by atoms with E-state index in [-0.39, 0.29) is 0 Å². The summed E-state index contributed by atoms with van der Waals surface area (Å²) in [4.78, 5) is 9.61. The largest absolute Gasteiger partial charge is 0.151 e. The van der Waals surface area contributed by atoms with Gasteiger partial charge in [-0.15, -0.1) is 0 Å². The molecule has 0 radical (unpaired) electrons. The molecule has 1 atom stereocenters. The molecule has 0 aromatic rings. The van der Waals surface area contributed by atoms with Gasteiger partial charge < -0.3 is 0 Å². The standard InChI is InChI=1S/C6H11NO/c1-3-4-6(2)5-7-8/h3-4,6H,5H2,1-2H3/b4-3-. The smallest absolute Gasteiger partial charge is 0.0871 e. The number of nitrogens with zero attached hydrogens (tertiary/aromatic N) is 1. The zero-order valence-electron chi connectivity index (χ0n) is 5.29. The number of hydrogen-bond donors (Lipinski definition) is 0. The Labute approximate surface area is 49.6 Å². The molecule has 0 bridgehead atoms. The third-order valence-corrected chi connectivity index (χ3v) is 0.884. The average molecular weight is 113 g/mol. The Bertz CT molecular complexity index is 88.5. The number of allylic oxidation sites excluding steroid dienone is 1. The molecule has 0 aromatic heterocycles. The highest BCUT2D eigenvalue weighted by molar-refractivity contribution is 4.83. The second-order valence-corrected chi connectivity index (χ2v) is 1.81. The first-order valence-corrected chi connectivity index (χ1v) is 2.73. The van der Waals surface area contributed by atoms with Crippen molar-refractivity contribution < 1.29 is 0 Å². The second kappa shape index (κ2) is 4.50. The van der Waals surface area contributed by atoms with Gasteiger partial charge in [-0.2, -0.15) is 4.91 Å². The predicted octanol–water partition coefficient (Wildman–Crippen LogP) is 1.97. The van der Waals surface area contributed by atoms with Crippen molar-refractivity contribution in [2.45, 2.75) is 13.8 Å². The Morgan fingerprint density at radius 3 is 2.75 bits per heavy atom. The van der Waals surface area contributed by atoms with Gasteiger partial charge in [0.05, 0.1) is 6.54 Å². The van der Waals surface area contributed by atoms with E-state index in [1.807, 2.05) is 26.0 Å². The molecule has 0 rings (SSSR count). The molecule has 0 aliphatic rings. The van der Waals surface area contributed by atoms with Crippen molar-refractivity contribution in [3.63, 3.8) is 0 Å². The molecule has 0 saturated heterocycles. The molecule has 0 heterocycles.